The average molecular weight is 222 g/mol. The third-order valence-electron chi connectivity index (χ3n) is 2.93. The highest BCUT2D eigenvalue weighted by Gasteiger charge is 2.29. The third-order valence-corrected chi connectivity index (χ3v) is 2.93. The van der Waals surface area contributed by atoms with Crippen LogP contribution in [-0.4, -0.2) is 11.7 Å². The van der Waals surface area contributed by atoms with Gasteiger partial charge in [0.25, 0.3) is 0 Å². The van der Waals surface area contributed by atoms with Gasteiger partial charge >= 0.3 is 0 Å². The Morgan fingerprint density at radius 1 is 1.06 bits per heavy atom. The number of carbonyl (C=O) groups excluding carboxylic acids is 2. The van der Waals surface area contributed by atoms with Crippen molar-refractivity contribution >= 4 is 11.7 Å². The van der Waals surface area contributed by atoms with E-state index in [-0.39, 0.29) is 11.3 Å². The third kappa shape index (κ3) is 1.22. The van der Waals surface area contributed by atoms with Gasteiger partial charge in [0, 0.05) is 11.1 Å². The van der Waals surface area contributed by atoms with Crippen LogP contribution in [-0.2, 0) is 0 Å². The Labute approximate surface area is 97.9 Å². The lowest BCUT2D eigenvalue weighted by Gasteiger charge is -2.02. The van der Waals surface area contributed by atoms with Crippen LogP contribution < -0.4 is 5.73 Å². The molecular weight excluding hydrogens is 214 g/mol. The molecule has 1 aliphatic carbocycles. The molecule has 1 radical (unpaired) electrons. The first kappa shape index (κ1) is 9.78. The summed E-state index contributed by atoms with van der Waals surface area (Å²) < 4.78 is 0. The summed E-state index contributed by atoms with van der Waals surface area (Å²) in [5.41, 5.74) is 8.04. The van der Waals surface area contributed by atoms with Gasteiger partial charge in [-0.1, -0.05) is 36.4 Å². The normalized spacial score (nSPS) is 12.1. The van der Waals surface area contributed by atoms with Crippen molar-refractivity contribution in [3.8, 4) is 11.1 Å². The Kier molecular flexibility index (Phi) is 1.89. The van der Waals surface area contributed by atoms with Crippen molar-refractivity contribution in [3.05, 3.63) is 59.2 Å². The van der Waals surface area contributed by atoms with Crippen LogP contribution in [0.15, 0.2) is 36.4 Å². The van der Waals surface area contributed by atoms with Gasteiger partial charge in [0.15, 0.2) is 5.78 Å². The van der Waals surface area contributed by atoms with Gasteiger partial charge < -0.3 is 5.73 Å². The van der Waals surface area contributed by atoms with Gasteiger partial charge in [-0.3, -0.25) is 9.59 Å². The Bertz CT molecular complexity index is 659. The van der Waals surface area contributed by atoms with E-state index in [0.29, 0.717) is 11.1 Å². The molecule has 3 rings (SSSR count). The van der Waals surface area contributed by atoms with Gasteiger partial charge in [0.1, 0.15) is 0 Å². The highest BCUT2D eigenvalue weighted by molar-refractivity contribution is 6.25. The summed E-state index contributed by atoms with van der Waals surface area (Å²) >= 11 is 0. The highest BCUT2D eigenvalue weighted by Crippen LogP contribution is 2.37. The van der Waals surface area contributed by atoms with Crippen LogP contribution in [0, 0.1) is 6.07 Å². The minimum atomic E-state index is -0.622. The number of ketones is 1. The molecule has 0 heterocycles. The number of amides is 1. The number of fused-ring (bicyclic) bond motifs is 3. The Balaban J connectivity index is 2.38. The molecule has 2 aromatic rings. The second-order valence-electron chi connectivity index (χ2n) is 3.88. The van der Waals surface area contributed by atoms with Crippen molar-refractivity contribution in [2.24, 2.45) is 5.73 Å². The van der Waals surface area contributed by atoms with Crippen LogP contribution in [0.2, 0.25) is 0 Å². The maximum absolute atomic E-state index is 12.2. The molecule has 0 spiro atoms. The van der Waals surface area contributed by atoms with E-state index in [1.54, 1.807) is 24.3 Å². The van der Waals surface area contributed by atoms with E-state index in [1.807, 2.05) is 12.1 Å². The van der Waals surface area contributed by atoms with Crippen molar-refractivity contribution in [3.63, 3.8) is 0 Å². The van der Waals surface area contributed by atoms with Gasteiger partial charge in [0.2, 0.25) is 5.91 Å². The van der Waals surface area contributed by atoms with Crippen LogP contribution in [0.4, 0.5) is 0 Å². The summed E-state index contributed by atoms with van der Waals surface area (Å²) in [4.78, 5) is 23.5. The number of nitrogens with two attached hydrogens (primary N) is 1. The molecule has 1 aliphatic rings. The highest BCUT2D eigenvalue weighted by atomic mass is 16.1. The topological polar surface area (TPSA) is 60.2 Å². The van der Waals surface area contributed by atoms with Gasteiger partial charge in [-0.25, -0.2) is 0 Å². The molecule has 81 valence electrons. The molecule has 0 aliphatic heterocycles. The summed E-state index contributed by atoms with van der Waals surface area (Å²) in [5, 5.41) is 0. The largest absolute Gasteiger partial charge is 0.366 e. The zero-order valence-electron chi connectivity index (χ0n) is 8.86. The molecule has 0 saturated heterocycles. The van der Waals surface area contributed by atoms with Crippen LogP contribution in [0.25, 0.3) is 11.1 Å². The van der Waals surface area contributed by atoms with Crippen molar-refractivity contribution in [2.75, 3.05) is 0 Å². The standard InChI is InChI=1S/C14H8NO2/c15-14(17)11-7-3-6-9-8-4-1-2-5-10(8)13(16)12(9)11/h1-6H,(H2,15,17). The number of carbonyl (C=O) groups is 2. The first-order chi connectivity index (χ1) is 8.20. The van der Waals surface area contributed by atoms with Crippen molar-refractivity contribution in [2.45, 2.75) is 0 Å². The molecular formula is C14H8NO2. The minimum Gasteiger partial charge on any atom is -0.366 e. The summed E-state index contributed by atoms with van der Waals surface area (Å²) in [5.74, 6) is -0.774. The fourth-order valence-electron chi connectivity index (χ4n) is 2.20. The van der Waals surface area contributed by atoms with Crippen molar-refractivity contribution < 1.29 is 9.59 Å². The van der Waals surface area contributed by atoms with Crippen LogP contribution in [0.3, 0.4) is 0 Å². The van der Waals surface area contributed by atoms with Gasteiger partial charge in [0.05, 0.1) is 5.56 Å². The Hall–Kier alpha value is -2.42. The number of primary amides is 1. The average Bonchev–Trinajstić information content (AvgIpc) is 2.64. The zero-order valence-corrected chi connectivity index (χ0v) is 8.86. The van der Waals surface area contributed by atoms with E-state index in [4.69, 9.17) is 5.73 Å². The lowest BCUT2D eigenvalue weighted by atomic mass is 10.0. The number of hydrogen-bond donors (Lipinski definition) is 1. The predicted molar refractivity (Wildman–Crippen MR) is 62.7 cm³/mol. The number of hydrogen-bond acceptors (Lipinski definition) is 2. The fraction of sp³-hybridized carbons (Fsp3) is 0. The molecule has 3 heteroatoms. The molecule has 0 fully saturated rings. The summed E-state index contributed by atoms with van der Waals surface area (Å²) in [7, 11) is 0. The number of rotatable bonds is 1. The van der Waals surface area contributed by atoms with E-state index < -0.39 is 5.91 Å². The second-order valence-corrected chi connectivity index (χ2v) is 3.88. The smallest absolute Gasteiger partial charge is 0.250 e. The Morgan fingerprint density at radius 2 is 1.76 bits per heavy atom. The van der Waals surface area contributed by atoms with Crippen molar-refractivity contribution in [1.82, 2.24) is 0 Å². The second kappa shape index (κ2) is 3.28. The number of benzene rings is 2. The molecule has 0 saturated carbocycles. The predicted octanol–water partition coefficient (Wildman–Crippen LogP) is 1.80. The van der Waals surface area contributed by atoms with Crippen LogP contribution in [0.1, 0.15) is 26.3 Å². The molecule has 0 bridgehead atoms. The molecule has 17 heavy (non-hydrogen) atoms. The zero-order chi connectivity index (χ0) is 12.0. The van der Waals surface area contributed by atoms with E-state index in [2.05, 4.69) is 6.07 Å². The van der Waals surface area contributed by atoms with E-state index in [0.717, 1.165) is 11.1 Å². The monoisotopic (exact) mass is 222 g/mol. The van der Waals surface area contributed by atoms with Gasteiger partial charge in [-0.15, -0.1) is 0 Å². The maximum Gasteiger partial charge on any atom is 0.250 e. The summed E-state index contributed by atoms with van der Waals surface area (Å²) in [6, 6.07) is 13.4. The molecule has 0 atom stereocenters. The Morgan fingerprint density at radius 3 is 2.47 bits per heavy atom. The first-order valence-corrected chi connectivity index (χ1v) is 5.18. The maximum atomic E-state index is 12.2. The first-order valence-electron chi connectivity index (χ1n) is 5.18. The molecule has 1 amide bonds. The van der Waals surface area contributed by atoms with Gasteiger partial charge in [-0.05, 0) is 17.2 Å². The molecule has 0 aromatic heterocycles. The lowest BCUT2D eigenvalue weighted by molar-refractivity contribution is 0.0982. The summed E-state index contributed by atoms with van der Waals surface area (Å²) in [6.45, 7) is 0. The minimum absolute atomic E-state index is 0.152. The van der Waals surface area contributed by atoms with Crippen LogP contribution >= 0.6 is 0 Å². The van der Waals surface area contributed by atoms with Gasteiger partial charge in [-0.2, -0.15) is 0 Å². The quantitative estimate of drug-likeness (QED) is 0.682. The lowest BCUT2D eigenvalue weighted by Crippen LogP contribution is -2.15. The molecule has 2 N–H and O–H groups in total. The molecule has 0 unspecified atom stereocenters. The fourth-order valence-corrected chi connectivity index (χ4v) is 2.20. The van der Waals surface area contributed by atoms with E-state index in [1.165, 1.54) is 0 Å². The van der Waals surface area contributed by atoms with E-state index in [9.17, 15) is 9.59 Å². The van der Waals surface area contributed by atoms with Crippen LogP contribution in [0.5, 0.6) is 0 Å². The van der Waals surface area contributed by atoms with E-state index >= 15 is 0 Å². The molecule has 2 aromatic carbocycles. The SMILES string of the molecule is NC(=O)c1[c]ccc2c1C(=O)c1ccccc1-2. The van der Waals surface area contributed by atoms with Crippen molar-refractivity contribution in [1.29, 1.82) is 0 Å². The summed E-state index contributed by atoms with van der Waals surface area (Å²) in [6.07, 6.45) is 0. The molecule has 3 nitrogen and oxygen atoms in total.